The monoisotopic (exact) mass is 234 g/mol. The van der Waals surface area contributed by atoms with Gasteiger partial charge in [0.2, 0.25) is 0 Å². The van der Waals surface area contributed by atoms with Crippen molar-refractivity contribution in [3.63, 3.8) is 0 Å². The highest BCUT2D eigenvalue weighted by Gasteiger charge is 2.16. The van der Waals surface area contributed by atoms with Gasteiger partial charge in [-0.05, 0) is 28.5 Å². The SMILES string of the molecule is CC(C)(C)c1cc(O)c2c(Cl)cccc2c1. The van der Waals surface area contributed by atoms with Crippen molar-refractivity contribution in [2.75, 3.05) is 0 Å². The van der Waals surface area contributed by atoms with Crippen molar-refractivity contribution < 1.29 is 5.11 Å². The van der Waals surface area contributed by atoms with Gasteiger partial charge < -0.3 is 5.11 Å². The molecule has 2 rings (SSSR count). The van der Waals surface area contributed by atoms with Gasteiger partial charge in [-0.3, -0.25) is 0 Å². The van der Waals surface area contributed by atoms with Gasteiger partial charge in [0.05, 0.1) is 5.02 Å². The zero-order chi connectivity index (χ0) is 11.9. The Bertz CT molecular complexity index is 538. The Labute approximate surface area is 101 Å². The lowest BCUT2D eigenvalue weighted by molar-refractivity contribution is 0.477. The lowest BCUT2D eigenvalue weighted by Crippen LogP contribution is -2.10. The van der Waals surface area contributed by atoms with E-state index in [2.05, 4.69) is 26.8 Å². The second-order valence-electron chi connectivity index (χ2n) is 5.08. The topological polar surface area (TPSA) is 20.2 Å². The summed E-state index contributed by atoms with van der Waals surface area (Å²) in [7, 11) is 0. The van der Waals surface area contributed by atoms with Crippen LogP contribution in [0.25, 0.3) is 10.8 Å². The van der Waals surface area contributed by atoms with Crippen LogP contribution in [0.15, 0.2) is 30.3 Å². The summed E-state index contributed by atoms with van der Waals surface area (Å²) in [5.41, 5.74) is 1.13. The Morgan fingerprint density at radius 1 is 1.12 bits per heavy atom. The third-order valence-corrected chi connectivity index (χ3v) is 3.09. The Morgan fingerprint density at radius 2 is 1.81 bits per heavy atom. The summed E-state index contributed by atoms with van der Waals surface area (Å²) in [5.74, 6) is 0.257. The first-order valence-electron chi connectivity index (χ1n) is 5.31. The molecule has 0 aliphatic carbocycles. The molecule has 2 heteroatoms. The number of fused-ring (bicyclic) bond motifs is 1. The Balaban J connectivity index is 2.79. The lowest BCUT2D eigenvalue weighted by atomic mass is 9.85. The van der Waals surface area contributed by atoms with Crippen molar-refractivity contribution in [3.8, 4) is 5.75 Å². The first-order valence-corrected chi connectivity index (χ1v) is 5.69. The van der Waals surface area contributed by atoms with Crippen LogP contribution in [0.2, 0.25) is 5.02 Å². The van der Waals surface area contributed by atoms with Gasteiger partial charge in [0.1, 0.15) is 5.75 Å². The molecule has 16 heavy (non-hydrogen) atoms. The van der Waals surface area contributed by atoms with E-state index < -0.39 is 0 Å². The second-order valence-corrected chi connectivity index (χ2v) is 5.49. The minimum Gasteiger partial charge on any atom is -0.507 e. The van der Waals surface area contributed by atoms with Crippen LogP contribution in [0.1, 0.15) is 26.3 Å². The summed E-state index contributed by atoms with van der Waals surface area (Å²) >= 11 is 6.07. The summed E-state index contributed by atoms with van der Waals surface area (Å²) in [6.45, 7) is 6.37. The quantitative estimate of drug-likeness (QED) is 0.712. The van der Waals surface area contributed by atoms with Crippen molar-refractivity contribution in [2.24, 2.45) is 0 Å². The molecule has 0 heterocycles. The van der Waals surface area contributed by atoms with Gasteiger partial charge in [-0.25, -0.2) is 0 Å². The number of phenolic OH excluding ortho intramolecular Hbond substituents is 1. The fourth-order valence-electron chi connectivity index (χ4n) is 1.79. The van der Waals surface area contributed by atoms with Gasteiger partial charge in [-0.1, -0.05) is 50.6 Å². The maximum Gasteiger partial charge on any atom is 0.125 e. The molecule has 1 N–H and O–H groups in total. The molecule has 84 valence electrons. The van der Waals surface area contributed by atoms with Gasteiger partial charge in [-0.2, -0.15) is 0 Å². The Kier molecular flexibility index (Phi) is 2.59. The van der Waals surface area contributed by atoms with Crippen molar-refractivity contribution in [1.29, 1.82) is 0 Å². The van der Waals surface area contributed by atoms with Crippen LogP contribution in [0.3, 0.4) is 0 Å². The zero-order valence-corrected chi connectivity index (χ0v) is 10.5. The molecule has 2 aromatic carbocycles. The molecular formula is C14H15ClO. The van der Waals surface area contributed by atoms with E-state index in [-0.39, 0.29) is 11.2 Å². The predicted molar refractivity (Wildman–Crippen MR) is 69.3 cm³/mol. The molecule has 0 bridgehead atoms. The minimum atomic E-state index is 0.0218. The van der Waals surface area contributed by atoms with Gasteiger partial charge in [0.25, 0.3) is 0 Å². The molecule has 0 aliphatic heterocycles. The number of hydrogen-bond donors (Lipinski definition) is 1. The fourth-order valence-corrected chi connectivity index (χ4v) is 2.07. The zero-order valence-electron chi connectivity index (χ0n) is 9.71. The van der Waals surface area contributed by atoms with Crippen molar-refractivity contribution in [1.82, 2.24) is 0 Å². The third-order valence-electron chi connectivity index (χ3n) is 2.77. The minimum absolute atomic E-state index is 0.0218. The van der Waals surface area contributed by atoms with E-state index in [1.165, 1.54) is 0 Å². The summed E-state index contributed by atoms with van der Waals surface area (Å²) in [5, 5.41) is 12.3. The normalized spacial score (nSPS) is 12.0. The molecule has 0 aromatic heterocycles. The molecule has 1 nitrogen and oxygen atoms in total. The number of halogens is 1. The molecule has 0 aliphatic rings. The molecule has 0 saturated heterocycles. The summed E-state index contributed by atoms with van der Waals surface area (Å²) < 4.78 is 0. The highest BCUT2D eigenvalue weighted by molar-refractivity contribution is 6.36. The standard InChI is InChI=1S/C14H15ClO/c1-14(2,3)10-7-9-5-4-6-11(15)13(9)12(16)8-10/h4-8,16H,1-3H3. The van der Waals surface area contributed by atoms with E-state index >= 15 is 0 Å². The van der Waals surface area contributed by atoms with E-state index in [1.54, 1.807) is 12.1 Å². The van der Waals surface area contributed by atoms with Crippen LogP contribution in [-0.2, 0) is 5.41 Å². The van der Waals surface area contributed by atoms with Gasteiger partial charge >= 0.3 is 0 Å². The molecule has 0 saturated carbocycles. The van der Waals surface area contributed by atoms with E-state index in [0.29, 0.717) is 5.02 Å². The van der Waals surface area contributed by atoms with Crippen molar-refractivity contribution in [3.05, 3.63) is 40.9 Å². The number of rotatable bonds is 0. The maximum absolute atomic E-state index is 10.0. The van der Waals surface area contributed by atoms with E-state index in [1.807, 2.05) is 12.1 Å². The number of phenols is 1. The molecule has 0 radical (unpaired) electrons. The second kappa shape index (κ2) is 3.67. The van der Waals surface area contributed by atoms with E-state index in [0.717, 1.165) is 16.3 Å². The highest BCUT2D eigenvalue weighted by atomic mass is 35.5. The smallest absolute Gasteiger partial charge is 0.125 e. The Hall–Kier alpha value is -1.21. The first kappa shape index (κ1) is 11.3. The number of aromatic hydroxyl groups is 1. The number of hydrogen-bond acceptors (Lipinski definition) is 1. The number of benzene rings is 2. The average Bonchev–Trinajstić information content (AvgIpc) is 2.15. The molecule has 0 fully saturated rings. The fraction of sp³-hybridized carbons (Fsp3) is 0.286. The maximum atomic E-state index is 10.0. The molecular weight excluding hydrogens is 220 g/mol. The van der Waals surface area contributed by atoms with Crippen molar-refractivity contribution in [2.45, 2.75) is 26.2 Å². The van der Waals surface area contributed by atoms with Crippen LogP contribution in [0.4, 0.5) is 0 Å². The molecule has 2 aromatic rings. The van der Waals surface area contributed by atoms with Gasteiger partial charge in [0.15, 0.2) is 0 Å². The molecule has 0 atom stereocenters. The summed E-state index contributed by atoms with van der Waals surface area (Å²) in [6.07, 6.45) is 0. The van der Waals surface area contributed by atoms with Crippen LogP contribution < -0.4 is 0 Å². The van der Waals surface area contributed by atoms with Crippen LogP contribution >= 0.6 is 11.6 Å². The largest absolute Gasteiger partial charge is 0.507 e. The Morgan fingerprint density at radius 3 is 2.44 bits per heavy atom. The van der Waals surface area contributed by atoms with Crippen LogP contribution in [0, 0.1) is 0 Å². The third kappa shape index (κ3) is 1.88. The highest BCUT2D eigenvalue weighted by Crippen LogP contribution is 2.36. The first-order chi connectivity index (χ1) is 7.39. The predicted octanol–water partition coefficient (Wildman–Crippen LogP) is 4.50. The molecule has 0 amide bonds. The van der Waals surface area contributed by atoms with Crippen molar-refractivity contribution >= 4 is 22.4 Å². The van der Waals surface area contributed by atoms with Crippen LogP contribution in [0.5, 0.6) is 5.75 Å². The average molecular weight is 235 g/mol. The molecule has 0 spiro atoms. The summed E-state index contributed by atoms with van der Waals surface area (Å²) in [6, 6.07) is 9.54. The van der Waals surface area contributed by atoms with E-state index in [4.69, 9.17) is 11.6 Å². The van der Waals surface area contributed by atoms with Gasteiger partial charge in [-0.15, -0.1) is 0 Å². The van der Waals surface area contributed by atoms with E-state index in [9.17, 15) is 5.11 Å². The van der Waals surface area contributed by atoms with Gasteiger partial charge in [0, 0.05) is 5.39 Å². The molecule has 0 unspecified atom stereocenters. The van der Waals surface area contributed by atoms with Crippen LogP contribution in [-0.4, -0.2) is 5.11 Å². The lowest BCUT2D eigenvalue weighted by Gasteiger charge is -2.20. The summed E-state index contributed by atoms with van der Waals surface area (Å²) in [4.78, 5) is 0.